The molecule has 104 valence electrons. The fourth-order valence-electron chi connectivity index (χ4n) is 2.55. The number of aromatic hydroxyl groups is 2. The van der Waals surface area contributed by atoms with E-state index in [9.17, 15) is 15.0 Å². The van der Waals surface area contributed by atoms with Gasteiger partial charge in [-0.1, -0.05) is 28.8 Å². The lowest BCUT2D eigenvalue weighted by molar-refractivity contribution is 0.0932. The Kier molecular flexibility index (Phi) is 4.34. The Morgan fingerprint density at radius 3 is 2.63 bits per heavy atom. The highest BCUT2D eigenvalue weighted by atomic mass is 79.9. The molecule has 0 atom stereocenters. The van der Waals surface area contributed by atoms with E-state index in [1.165, 1.54) is 31.0 Å². The molecule has 1 aliphatic carbocycles. The van der Waals surface area contributed by atoms with Crippen LogP contribution in [0.3, 0.4) is 0 Å². The zero-order chi connectivity index (χ0) is 13.9. The number of hydrogen-bond acceptors (Lipinski definition) is 3. The van der Waals surface area contributed by atoms with Crippen LogP contribution in [0.2, 0.25) is 0 Å². The molecule has 0 aliphatic heterocycles. The number of phenolic OH excluding ortho intramolecular Hbond substituents is 2. The van der Waals surface area contributed by atoms with Crippen molar-refractivity contribution in [1.82, 2.24) is 5.32 Å². The normalized spacial score (nSPS) is 17.3. The molecule has 1 aromatic carbocycles. The molecule has 1 saturated carbocycles. The van der Waals surface area contributed by atoms with E-state index in [4.69, 9.17) is 0 Å². The number of benzene rings is 1. The number of hydrogen-bond donors (Lipinski definition) is 3. The minimum Gasteiger partial charge on any atom is -0.508 e. The summed E-state index contributed by atoms with van der Waals surface area (Å²) in [6.45, 7) is 0.589. The van der Waals surface area contributed by atoms with E-state index >= 15 is 0 Å². The SMILES string of the molecule is O=C(NCC1(CBr)CCCC1)c1cc(O)ccc1O. The van der Waals surface area contributed by atoms with Gasteiger partial charge >= 0.3 is 0 Å². The van der Waals surface area contributed by atoms with E-state index in [0.717, 1.165) is 18.2 Å². The molecule has 0 bridgehead atoms. The van der Waals surface area contributed by atoms with Gasteiger partial charge in [0.05, 0.1) is 5.56 Å². The van der Waals surface area contributed by atoms with Crippen LogP contribution in [0.15, 0.2) is 18.2 Å². The maximum Gasteiger partial charge on any atom is 0.255 e. The third-order valence-corrected chi connectivity index (χ3v) is 4.99. The van der Waals surface area contributed by atoms with Crippen molar-refractivity contribution >= 4 is 21.8 Å². The largest absolute Gasteiger partial charge is 0.508 e. The van der Waals surface area contributed by atoms with E-state index in [1.807, 2.05) is 0 Å². The first-order valence-electron chi connectivity index (χ1n) is 6.42. The van der Waals surface area contributed by atoms with Crippen molar-refractivity contribution < 1.29 is 15.0 Å². The molecule has 1 fully saturated rings. The number of carbonyl (C=O) groups excluding carboxylic acids is 1. The highest BCUT2D eigenvalue weighted by molar-refractivity contribution is 9.09. The molecule has 19 heavy (non-hydrogen) atoms. The molecular formula is C14H18BrNO3. The fraction of sp³-hybridized carbons (Fsp3) is 0.500. The number of nitrogens with one attached hydrogen (secondary N) is 1. The summed E-state index contributed by atoms with van der Waals surface area (Å²) < 4.78 is 0. The Balaban J connectivity index is 2.03. The van der Waals surface area contributed by atoms with Gasteiger partial charge in [-0.3, -0.25) is 4.79 Å². The zero-order valence-electron chi connectivity index (χ0n) is 10.7. The minimum atomic E-state index is -0.347. The topological polar surface area (TPSA) is 69.6 Å². The molecule has 1 aliphatic rings. The molecule has 0 aromatic heterocycles. The summed E-state index contributed by atoms with van der Waals surface area (Å²) in [6, 6.07) is 3.95. The molecule has 0 heterocycles. The summed E-state index contributed by atoms with van der Waals surface area (Å²) in [6.07, 6.45) is 4.59. The first-order chi connectivity index (χ1) is 9.06. The van der Waals surface area contributed by atoms with Gasteiger partial charge in [0.2, 0.25) is 0 Å². The molecule has 4 nitrogen and oxygen atoms in total. The van der Waals surface area contributed by atoms with Gasteiger partial charge in [0.15, 0.2) is 0 Å². The van der Waals surface area contributed by atoms with Gasteiger partial charge in [0.25, 0.3) is 5.91 Å². The van der Waals surface area contributed by atoms with Gasteiger partial charge in [0, 0.05) is 11.9 Å². The number of phenols is 2. The van der Waals surface area contributed by atoms with Crippen LogP contribution >= 0.6 is 15.9 Å². The smallest absolute Gasteiger partial charge is 0.255 e. The first kappa shape index (κ1) is 14.2. The molecule has 0 radical (unpaired) electrons. The van der Waals surface area contributed by atoms with Crippen LogP contribution in [0.5, 0.6) is 11.5 Å². The van der Waals surface area contributed by atoms with Crippen LogP contribution in [0.25, 0.3) is 0 Å². The third kappa shape index (κ3) is 3.21. The van der Waals surface area contributed by atoms with E-state index in [2.05, 4.69) is 21.2 Å². The third-order valence-electron chi connectivity index (χ3n) is 3.80. The second-order valence-corrected chi connectivity index (χ2v) is 5.79. The number of carbonyl (C=O) groups is 1. The van der Waals surface area contributed by atoms with Crippen LogP contribution in [0, 0.1) is 5.41 Å². The average Bonchev–Trinajstić information content (AvgIpc) is 2.88. The van der Waals surface area contributed by atoms with E-state index in [1.54, 1.807) is 0 Å². The molecular weight excluding hydrogens is 310 g/mol. The first-order valence-corrected chi connectivity index (χ1v) is 7.55. The molecule has 5 heteroatoms. The summed E-state index contributed by atoms with van der Waals surface area (Å²) in [5, 5.41) is 22.7. The van der Waals surface area contributed by atoms with Gasteiger partial charge in [0.1, 0.15) is 11.5 Å². The van der Waals surface area contributed by atoms with Gasteiger partial charge in [-0.2, -0.15) is 0 Å². The van der Waals surface area contributed by atoms with Crippen molar-refractivity contribution in [2.75, 3.05) is 11.9 Å². The number of halogens is 1. The predicted octanol–water partition coefficient (Wildman–Crippen LogP) is 2.78. The highest BCUT2D eigenvalue weighted by Gasteiger charge is 2.33. The van der Waals surface area contributed by atoms with Crippen molar-refractivity contribution in [3.05, 3.63) is 23.8 Å². The Hall–Kier alpha value is -1.23. The van der Waals surface area contributed by atoms with Crippen LogP contribution in [-0.4, -0.2) is 28.0 Å². The maximum absolute atomic E-state index is 12.0. The van der Waals surface area contributed by atoms with Gasteiger partial charge in [-0.05, 0) is 36.5 Å². The van der Waals surface area contributed by atoms with Gasteiger partial charge in [-0.15, -0.1) is 0 Å². The van der Waals surface area contributed by atoms with Crippen molar-refractivity contribution in [2.45, 2.75) is 25.7 Å². The summed E-state index contributed by atoms with van der Waals surface area (Å²) in [4.78, 5) is 12.0. The minimum absolute atomic E-state index is 0.0287. The number of amides is 1. The second kappa shape index (κ2) is 5.82. The van der Waals surface area contributed by atoms with Gasteiger partial charge in [-0.25, -0.2) is 0 Å². The maximum atomic E-state index is 12.0. The summed E-state index contributed by atoms with van der Waals surface area (Å²) in [5.41, 5.74) is 0.241. The van der Waals surface area contributed by atoms with Crippen LogP contribution in [-0.2, 0) is 0 Å². The standard InChI is InChI=1S/C14H18BrNO3/c15-8-14(5-1-2-6-14)9-16-13(19)11-7-10(17)3-4-12(11)18/h3-4,7,17-18H,1-2,5-6,8-9H2,(H,16,19). The summed E-state index contributed by atoms with van der Waals surface area (Å²) in [5.74, 6) is -0.491. The lowest BCUT2D eigenvalue weighted by atomic mass is 9.89. The summed E-state index contributed by atoms with van der Waals surface area (Å²) >= 11 is 3.53. The van der Waals surface area contributed by atoms with Crippen molar-refractivity contribution in [3.8, 4) is 11.5 Å². The van der Waals surface area contributed by atoms with Crippen LogP contribution < -0.4 is 5.32 Å². The highest BCUT2D eigenvalue weighted by Crippen LogP contribution is 2.39. The van der Waals surface area contributed by atoms with Crippen molar-refractivity contribution in [1.29, 1.82) is 0 Å². The Morgan fingerprint density at radius 1 is 1.32 bits per heavy atom. The number of alkyl halides is 1. The van der Waals surface area contributed by atoms with Crippen molar-refractivity contribution in [2.24, 2.45) is 5.41 Å². The molecule has 2 rings (SSSR count). The van der Waals surface area contributed by atoms with Crippen molar-refractivity contribution in [3.63, 3.8) is 0 Å². The average molecular weight is 328 g/mol. The Morgan fingerprint density at radius 2 is 2.00 bits per heavy atom. The second-order valence-electron chi connectivity index (χ2n) is 5.22. The zero-order valence-corrected chi connectivity index (χ0v) is 12.2. The van der Waals surface area contributed by atoms with E-state index in [0.29, 0.717) is 6.54 Å². The monoisotopic (exact) mass is 327 g/mol. The van der Waals surface area contributed by atoms with Gasteiger partial charge < -0.3 is 15.5 Å². The Bertz CT molecular complexity index is 470. The summed E-state index contributed by atoms with van der Waals surface area (Å²) in [7, 11) is 0. The predicted molar refractivity (Wildman–Crippen MR) is 76.8 cm³/mol. The molecule has 0 saturated heterocycles. The Labute approximate surface area is 121 Å². The van der Waals surface area contributed by atoms with E-state index < -0.39 is 0 Å². The molecule has 1 aromatic rings. The quantitative estimate of drug-likeness (QED) is 0.588. The molecule has 3 N–H and O–H groups in total. The van der Waals surface area contributed by atoms with Crippen LogP contribution in [0.1, 0.15) is 36.0 Å². The lowest BCUT2D eigenvalue weighted by Gasteiger charge is -2.26. The molecule has 1 amide bonds. The lowest BCUT2D eigenvalue weighted by Crippen LogP contribution is -2.37. The fourth-order valence-corrected chi connectivity index (χ4v) is 3.31. The number of rotatable bonds is 4. The molecule has 0 spiro atoms. The van der Waals surface area contributed by atoms with E-state index in [-0.39, 0.29) is 28.4 Å². The van der Waals surface area contributed by atoms with Crippen LogP contribution in [0.4, 0.5) is 0 Å². The molecule has 0 unspecified atom stereocenters.